The Kier molecular flexibility index (Phi) is 5.70. The lowest BCUT2D eigenvalue weighted by molar-refractivity contribution is -0.121. The van der Waals surface area contributed by atoms with E-state index in [0.717, 1.165) is 19.3 Å². The molecule has 0 aliphatic heterocycles. The van der Waals surface area contributed by atoms with Crippen molar-refractivity contribution < 1.29 is 4.79 Å². The molecule has 17 heavy (non-hydrogen) atoms. The molecular formula is C14H22N2O. The Balaban J connectivity index is 2.30. The van der Waals surface area contributed by atoms with E-state index in [1.807, 2.05) is 0 Å². The van der Waals surface area contributed by atoms with E-state index in [-0.39, 0.29) is 5.91 Å². The van der Waals surface area contributed by atoms with Crippen LogP contribution in [0.2, 0.25) is 0 Å². The summed E-state index contributed by atoms with van der Waals surface area (Å²) < 4.78 is 0. The Bertz CT molecular complexity index is 344. The number of amides is 1. The number of aryl methyl sites for hydroxylation is 1. The zero-order valence-corrected chi connectivity index (χ0v) is 10.7. The molecule has 0 aliphatic rings. The van der Waals surface area contributed by atoms with Crippen molar-refractivity contribution in [3.05, 3.63) is 35.4 Å². The SMILES string of the molecule is CC(C)c1ccc(CCCCC(=O)NN)cc1. The van der Waals surface area contributed by atoms with Crippen molar-refractivity contribution in [3.8, 4) is 0 Å². The zero-order chi connectivity index (χ0) is 12.7. The summed E-state index contributed by atoms with van der Waals surface area (Å²) >= 11 is 0. The molecule has 0 aromatic heterocycles. The fraction of sp³-hybridized carbons (Fsp3) is 0.500. The summed E-state index contributed by atoms with van der Waals surface area (Å²) in [6.45, 7) is 4.39. The Morgan fingerprint density at radius 1 is 1.24 bits per heavy atom. The molecule has 1 rings (SSSR count). The molecule has 1 aromatic carbocycles. The van der Waals surface area contributed by atoms with Crippen LogP contribution in [0.1, 0.15) is 50.2 Å². The van der Waals surface area contributed by atoms with Crippen molar-refractivity contribution in [3.63, 3.8) is 0 Å². The van der Waals surface area contributed by atoms with E-state index in [9.17, 15) is 4.79 Å². The highest BCUT2D eigenvalue weighted by Crippen LogP contribution is 2.15. The van der Waals surface area contributed by atoms with E-state index >= 15 is 0 Å². The van der Waals surface area contributed by atoms with Crippen molar-refractivity contribution >= 4 is 5.91 Å². The second-order valence-electron chi connectivity index (χ2n) is 4.67. The van der Waals surface area contributed by atoms with Gasteiger partial charge in [0.1, 0.15) is 0 Å². The van der Waals surface area contributed by atoms with Crippen molar-refractivity contribution in [1.29, 1.82) is 0 Å². The fourth-order valence-electron chi connectivity index (χ4n) is 1.76. The molecule has 0 heterocycles. The summed E-state index contributed by atoms with van der Waals surface area (Å²) in [6, 6.07) is 8.73. The first-order chi connectivity index (χ1) is 8.13. The number of carbonyl (C=O) groups is 1. The number of unbranched alkanes of at least 4 members (excludes halogenated alkanes) is 1. The summed E-state index contributed by atoms with van der Waals surface area (Å²) in [6.07, 6.45) is 3.44. The van der Waals surface area contributed by atoms with E-state index in [1.165, 1.54) is 11.1 Å². The largest absolute Gasteiger partial charge is 0.294 e. The summed E-state index contributed by atoms with van der Waals surface area (Å²) in [5.74, 6) is 5.51. The third kappa shape index (κ3) is 5.00. The van der Waals surface area contributed by atoms with Crippen molar-refractivity contribution in [2.75, 3.05) is 0 Å². The van der Waals surface area contributed by atoms with Crippen molar-refractivity contribution in [2.45, 2.75) is 45.4 Å². The number of benzene rings is 1. The second-order valence-corrected chi connectivity index (χ2v) is 4.67. The van der Waals surface area contributed by atoms with Gasteiger partial charge >= 0.3 is 0 Å². The average molecular weight is 234 g/mol. The van der Waals surface area contributed by atoms with Crippen LogP contribution in [0.3, 0.4) is 0 Å². The highest BCUT2D eigenvalue weighted by Gasteiger charge is 2.00. The lowest BCUT2D eigenvalue weighted by atomic mass is 10.00. The van der Waals surface area contributed by atoms with Crippen LogP contribution in [0.15, 0.2) is 24.3 Å². The van der Waals surface area contributed by atoms with E-state index in [1.54, 1.807) is 0 Å². The van der Waals surface area contributed by atoms with Gasteiger partial charge in [0.2, 0.25) is 5.91 Å². The molecule has 94 valence electrons. The maximum absolute atomic E-state index is 10.9. The number of hydrogen-bond donors (Lipinski definition) is 2. The van der Waals surface area contributed by atoms with Crippen LogP contribution in [-0.4, -0.2) is 5.91 Å². The smallest absolute Gasteiger partial charge is 0.233 e. The fourth-order valence-corrected chi connectivity index (χ4v) is 1.76. The van der Waals surface area contributed by atoms with E-state index < -0.39 is 0 Å². The summed E-state index contributed by atoms with van der Waals surface area (Å²) in [5.41, 5.74) is 4.85. The van der Waals surface area contributed by atoms with Gasteiger partial charge in [-0.3, -0.25) is 10.2 Å². The topological polar surface area (TPSA) is 55.1 Å². The number of nitrogens with one attached hydrogen (secondary N) is 1. The van der Waals surface area contributed by atoms with Crippen LogP contribution in [0.4, 0.5) is 0 Å². The van der Waals surface area contributed by atoms with Gasteiger partial charge in [0.05, 0.1) is 0 Å². The lowest BCUT2D eigenvalue weighted by Gasteiger charge is -2.06. The van der Waals surface area contributed by atoms with E-state index in [0.29, 0.717) is 12.3 Å². The van der Waals surface area contributed by atoms with Crippen LogP contribution < -0.4 is 11.3 Å². The monoisotopic (exact) mass is 234 g/mol. The molecule has 0 bridgehead atoms. The maximum Gasteiger partial charge on any atom is 0.233 e. The number of nitrogens with two attached hydrogens (primary N) is 1. The molecule has 1 amide bonds. The Labute approximate surface area is 103 Å². The molecular weight excluding hydrogens is 212 g/mol. The van der Waals surface area contributed by atoms with Gasteiger partial charge in [0.25, 0.3) is 0 Å². The number of carbonyl (C=O) groups excluding carboxylic acids is 1. The van der Waals surface area contributed by atoms with Crippen molar-refractivity contribution in [1.82, 2.24) is 5.43 Å². The third-order valence-electron chi connectivity index (χ3n) is 2.93. The molecule has 0 atom stereocenters. The van der Waals surface area contributed by atoms with Gasteiger partial charge < -0.3 is 0 Å². The van der Waals surface area contributed by atoms with Gasteiger partial charge in [0, 0.05) is 6.42 Å². The Hall–Kier alpha value is -1.35. The Morgan fingerprint density at radius 3 is 2.41 bits per heavy atom. The minimum atomic E-state index is -0.0832. The highest BCUT2D eigenvalue weighted by molar-refractivity contribution is 5.75. The first kappa shape index (κ1) is 13.7. The molecule has 0 spiro atoms. The van der Waals surface area contributed by atoms with Gasteiger partial charge in [-0.1, -0.05) is 38.1 Å². The number of hydrazine groups is 1. The Morgan fingerprint density at radius 2 is 1.88 bits per heavy atom. The molecule has 3 N–H and O–H groups in total. The van der Waals surface area contributed by atoms with Gasteiger partial charge in [-0.2, -0.15) is 0 Å². The first-order valence-corrected chi connectivity index (χ1v) is 6.21. The van der Waals surface area contributed by atoms with E-state index in [4.69, 9.17) is 5.84 Å². The third-order valence-corrected chi connectivity index (χ3v) is 2.93. The van der Waals surface area contributed by atoms with Gasteiger partial charge in [-0.25, -0.2) is 5.84 Å². The molecule has 0 radical (unpaired) electrons. The molecule has 0 unspecified atom stereocenters. The van der Waals surface area contributed by atoms with Crippen molar-refractivity contribution in [2.24, 2.45) is 5.84 Å². The van der Waals surface area contributed by atoms with E-state index in [2.05, 4.69) is 43.5 Å². The molecule has 3 heteroatoms. The van der Waals surface area contributed by atoms with Crippen LogP contribution in [0.25, 0.3) is 0 Å². The van der Waals surface area contributed by atoms with Crippen LogP contribution in [0, 0.1) is 0 Å². The quantitative estimate of drug-likeness (QED) is 0.344. The maximum atomic E-state index is 10.9. The summed E-state index contributed by atoms with van der Waals surface area (Å²) in [4.78, 5) is 10.9. The average Bonchev–Trinajstić information content (AvgIpc) is 2.34. The highest BCUT2D eigenvalue weighted by atomic mass is 16.2. The zero-order valence-electron chi connectivity index (χ0n) is 10.7. The van der Waals surface area contributed by atoms with Crippen LogP contribution in [-0.2, 0) is 11.2 Å². The number of hydrogen-bond acceptors (Lipinski definition) is 2. The predicted molar refractivity (Wildman–Crippen MR) is 70.4 cm³/mol. The van der Waals surface area contributed by atoms with Crippen LogP contribution >= 0.6 is 0 Å². The first-order valence-electron chi connectivity index (χ1n) is 6.21. The molecule has 0 saturated carbocycles. The lowest BCUT2D eigenvalue weighted by Crippen LogP contribution is -2.29. The summed E-state index contributed by atoms with van der Waals surface area (Å²) in [7, 11) is 0. The normalized spacial score (nSPS) is 10.6. The molecule has 0 saturated heterocycles. The predicted octanol–water partition coefficient (Wildman–Crippen LogP) is 2.51. The standard InChI is InChI=1S/C14H22N2O/c1-11(2)13-9-7-12(8-10-13)5-3-4-6-14(17)16-15/h7-11H,3-6,15H2,1-2H3,(H,16,17). The molecule has 3 nitrogen and oxygen atoms in total. The molecule has 0 fully saturated rings. The van der Waals surface area contributed by atoms with Gasteiger partial charge in [0.15, 0.2) is 0 Å². The number of rotatable bonds is 6. The van der Waals surface area contributed by atoms with Gasteiger partial charge in [-0.05, 0) is 36.3 Å². The van der Waals surface area contributed by atoms with Gasteiger partial charge in [-0.15, -0.1) is 0 Å². The second kappa shape index (κ2) is 7.07. The van der Waals surface area contributed by atoms with Crippen LogP contribution in [0.5, 0.6) is 0 Å². The summed E-state index contributed by atoms with van der Waals surface area (Å²) in [5, 5.41) is 0. The minimum absolute atomic E-state index is 0.0832. The minimum Gasteiger partial charge on any atom is -0.294 e. The molecule has 1 aromatic rings. The molecule has 0 aliphatic carbocycles.